The van der Waals surface area contributed by atoms with E-state index < -0.39 is 24.8 Å². The highest BCUT2D eigenvalue weighted by Gasteiger charge is 2.31. The number of hydrogen-bond donors (Lipinski definition) is 2. The molecule has 0 bridgehead atoms. The predicted molar refractivity (Wildman–Crippen MR) is 160 cm³/mol. The molecule has 9 nitrogen and oxygen atoms in total. The Morgan fingerprint density at radius 2 is 1.57 bits per heavy atom. The molecule has 3 heterocycles. The number of aromatic nitrogens is 3. The molecule has 1 amide bonds. The molecule has 5 aromatic rings. The lowest BCUT2D eigenvalue weighted by molar-refractivity contribution is -0.153. The molecule has 0 aliphatic carbocycles. The Balaban J connectivity index is 1.16. The molecule has 0 radical (unpaired) electrons. The first-order valence-corrected chi connectivity index (χ1v) is 14.3. The number of ketones is 1. The zero-order valence-corrected chi connectivity index (χ0v) is 24.2. The molecule has 1 fully saturated rings. The number of fused-ring (bicyclic) bond motifs is 1. The van der Waals surface area contributed by atoms with E-state index in [2.05, 4.69) is 15.4 Å². The number of nitrogens with zero attached hydrogens (tertiary/aromatic N) is 4. The van der Waals surface area contributed by atoms with E-state index in [4.69, 9.17) is 4.74 Å². The third-order valence-corrected chi connectivity index (χ3v) is 7.35. The van der Waals surface area contributed by atoms with Crippen LogP contribution in [0, 0.1) is 5.82 Å². The average molecular weight is 634 g/mol. The molecule has 1 saturated heterocycles. The van der Waals surface area contributed by atoms with E-state index in [1.54, 1.807) is 24.4 Å². The summed E-state index contributed by atoms with van der Waals surface area (Å²) in [4.78, 5) is 30.9. The van der Waals surface area contributed by atoms with Crippen LogP contribution in [0.3, 0.4) is 0 Å². The van der Waals surface area contributed by atoms with Gasteiger partial charge in [0.25, 0.3) is 5.91 Å². The lowest BCUT2D eigenvalue weighted by Crippen LogP contribution is -2.53. The summed E-state index contributed by atoms with van der Waals surface area (Å²) in [5, 5.41) is 16.8. The highest BCUT2D eigenvalue weighted by Crippen LogP contribution is 2.31. The van der Waals surface area contributed by atoms with Gasteiger partial charge >= 0.3 is 6.18 Å². The maximum atomic E-state index is 13.1. The number of carbonyl (C=O) groups is 2. The number of β-amino-alcohol motifs (C(OH)–C–C–N with tert-alkyl or cyclic N) is 1. The van der Waals surface area contributed by atoms with Crippen molar-refractivity contribution >= 4 is 29.0 Å². The number of nitrogens with one attached hydrogen (secondary N) is 1. The Morgan fingerprint density at radius 1 is 0.913 bits per heavy atom. The molecule has 2 aromatic heterocycles. The molecule has 13 heteroatoms. The minimum Gasteiger partial charge on any atom is -0.482 e. The van der Waals surface area contributed by atoms with Crippen molar-refractivity contribution in [2.24, 2.45) is 0 Å². The first-order valence-electron chi connectivity index (χ1n) is 14.3. The van der Waals surface area contributed by atoms with Gasteiger partial charge in [0.2, 0.25) is 5.95 Å². The summed E-state index contributed by atoms with van der Waals surface area (Å²) in [7, 11) is 0. The number of benzene rings is 3. The van der Waals surface area contributed by atoms with Crippen LogP contribution in [0.1, 0.15) is 21.5 Å². The Labute approximate surface area is 260 Å². The van der Waals surface area contributed by atoms with Gasteiger partial charge in [0, 0.05) is 43.3 Å². The van der Waals surface area contributed by atoms with E-state index >= 15 is 0 Å². The molecule has 1 aliphatic rings. The Bertz CT molecular complexity index is 1890. The number of pyridine rings is 1. The monoisotopic (exact) mass is 633 g/mol. The second-order valence-corrected chi connectivity index (χ2v) is 11.0. The first-order chi connectivity index (χ1) is 22.0. The maximum Gasteiger partial charge on any atom is 0.422 e. The zero-order valence-electron chi connectivity index (χ0n) is 24.2. The number of aliphatic hydroxyl groups is 1. The van der Waals surface area contributed by atoms with E-state index in [0.29, 0.717) is 5.65 Å². The second-order valence-electron chi connectivity index (χ2n) is 11.0. The topological polar surface area (TPSA) is 109 Å². The number of alkyl halides is 3. The summed E-state index contributed by atoms with van der Waals surface area (Å²) < 4.78 is 58.6. The molecule has 6 rings (SSSR count). The summed E-state index contributed by atoms with van der Waals surface area (Å²) in [6.07, 6.45) is -3.04. The lowest BCUT2D eigenvalue weighted by Gasteiger charge is -2.36. The van der Waals surface area contributed by atoms with E-state index in [1.807, 2.05) is 30.3 Å². The van der Waals surface area contributed by atoms with E-state index in [-0.39, 0.29) is 60.5 Å². The summed E-state index contributed by atoms with van der Waals surface area (Å²) in [5.41, 5.74) is 3.97. The SMILES string of the molecule is O=C(Cc1ccc(F)cc1)Cc1ccc(-c2ccc3nc(Nc4ccc(C(=O)N5CC(O)C5)cc4OCC(F)(F)F)nn3c2)cc1. The van der Waals surface area contributed by atoms with Crippen LogP contribution in [0.15, 0.2) is 85.1 Å². The number of carbonyl (C=O) groups excluding carboxylic acids is 2. The molecule has 3 aromatic carbocycles. The number of ether oxygens (including phenoxy) is 1. The lowest BCUT2D eigenvalue weighted by atomic mass is 10.0. The molecular weight excluding hydrogens is 606 g/mol. The van der Waals surface area contributed by atoms with Gasteiger partial charge < -0.3 is 20.1 Å². The van der Waals surface area contributed by atoms with Crippen molar-refractivity contribution in [3.63, 3.8) is 0 Å². The molecule has 0 saturated carbocycles. The average Bonchev–Trinajstić information content (AvgIpc) is 3.41. The fourth-order valence-electron chi connectivity index (χ4n) is 5.00. The largest absolute Gasteiger partial charge is 0.482 e. The standard InChI is InChI=1S/C33H27F4N5O4/c34-25-9-3-21(4-10-25)14-26(43)13-20-1-5-22(6-2-20)24-8-12-30-39-32(40-42(30)16-24)38-28-11-7-23(31(45)41-17-27(44)18-41)15-29(28)46-19-33(35,36)37/h1-12,15-16,27,44H,13-14,17-19H2,(H,38,40). The van der Waals surface area contributed by atoms with Gasteiger partial charge in [-0.05, 0) is 59.2 Å². The van der Waals surface area contributed by atoms with Crippen molar-refractivity contribution in [1.82, 2.24) is 19.5 Å². The van der Waals surface area contributed by atoms with Crippen molar-refractivity contribution in [2.75, 3.05) is 25.0 Å². The third-order valence-electron chi connectivity index (χ3n) is 7.35. The van der Waals surface area contributed by atoms with Crippen LogP contribution in [0.5, 0.6) is 5.75 Å². The smallest absolute Gasteiger partial charge is 0.422 e. The number of rotatable bonds is 10. The van der Waals surface area contributed by atoms with Crippen LogP contribution in [0.2, 0.25) is 0 Å². The number of aliphatic hydroxyl groups excluding tert-OH is 1. The Kier molecular flexibility index (Phi) is 8.41. The van der Waals surface area contributed by atoms with Gasteiger partial charge in [-0.15, -0.1) is 5.10 Å². The first kappa shape index (κ1) is 30.7. The maximum absolute atomic E-state index is 13.1. The van der Waals surface area contributed by atoms with Crippen LogP contribution in [0.4, 0.5) is 29.2 Å². The zero-order chi connectivity index (χ0) is 32.4. The van der Waals surface area contributed by atoms with Crippen molar-refractivity contribution in [3.8, 4) is 16.9 Å². The highest BCUT2D eigenvalue weighted by atomic mass is 19.4. The van der Waals surface area contributed by atoms with Crippen LogP contribution < -0.4 is 10.1 Å². The number of Topliss-reactive ketones (excluding diaryl/α,β-unsaturated/α-hetero) is 1. The molecule has 0 atom stereocenters. The Hall–Kier alpha value is -5.30. The molecule has 46 heavy (non-hydrogen) atoms. The van der Waals surface area contributed by atoms with Crippen molar-refractivity contribution in [2.45, 2.75) is 25.1 Å². The van der Waals surface area contributed by atoms with Gasteiger partial charge in [0.15, 0.2) is 12.3 Å². The van der Waals surface area contributed by atoms with E-state index in [0.717, 1.165) is 22.3 Å². The fraction of sp³-hybridized carbons (Fsp3) is 0.212. The summed E-state index contributed by atoms with van der Waals surface area (Å²) in [6, 6.07) is 21.0. The van der Waals surface area contributed by atoms with Crippen molar-refractivity contribution in [3.05, 3.63) is 108 Å². The summed E-state index contributed by atoms with van der Waals surface area (Å²) in [6.45, 7) is -1.27. The van der Waals surface area contributed by atoms with Crippen molar-refractivity contribution < 1.29 is 37.0 Å². The van der Waals surface area contributed by atoms with E-state index in [1.165, 1.54) is 39.7 Å². The molecule has 0 unspecified atom stereocenters. The second kappa shape index (κ2) is 12.6. The molecule has 1 aliphatic heterocycles. The fourth-order valence-corrected chi connectivity index (χ4v) is 5.00. The van der Waals surface area contributed by atoms with Gasteiger partial charge in [-0.25, -0.2) is 8.91 Å². The van der Waals surface area contributed by atoms with Gasteiger partial charge in [0.05, 0.1) is 11.8 Å². The quantitative estimate of drug-likeness (QED) is 0.199. The molecule has 236 valence electrons. The van der Waals surface area contributed by atoms with Crippen molar-refractivity contribution in [1.29, 1.82) is 0 Å². The minimum absolute atomic E-state index is 0.00704. The number of likely N-dealkylation sites (tertiary alicyclic amines) is 1. The third kappa shape index (κ3) is 7.32. The minimum atomic E-state index is -4.60. The summed E-state index contributed by atoms with van der Waals surface area (Å²) in [5.74, 6) is -0.894. The number of amides is 1. The van der Waals surface area contributed by atoms with Gasteiger partial charge in [0.1, 0.15) is 17.3 Å². The van der Waals surface area contributed by atoms with Crippen LogP contribution >= 0.6 is 0 Å². The van der Waals surface area contributed by atoms with Gasteiger partial charge in [-0.2, -0.15) is 18.2 Å². The number of halogens is 4. The molecular formula is C33H27F4N5O4. The van der Waals surface area contributed by atoms with Crippen LogP contribution in [-0.4, -0.2) is 68.3 Å². The number of hydrogen-bond acceptors (Lipinski definition) is 7. The number of anilines is 2. The van der Waals surface area contributed by atoms with Gasteiger partial charge in [-0.1, -0.05) is 36.4 Å². The summed E-state index contributed by atoms with van der Waals surface area (Å²) >= 11 is 0. The van der Waals surface area contributed by atoms with Crippen LogP contribution in [-0.2, 0) is 17.6 Å². The van der Waals surface area contributed by atoms with Gasteiger partial charge in [-0.3, -0.25) is 9.59 Å². The highest BCUT2D eigenvalue weighted by molar-refractivity contribution is 5.96. The van der Waals surface area contributed by atoms with E-state index in [9.17, 15) is 32.3 Å². The molecule has 2 N–H and O–H groups in total. The Morgan fingerprint density at radius 3 is 2.22 bits per heavy atom. The molecule has 0 spiro atoms. The normalized spacial score (nSPS) is 13.5. The van der Waals surface area contributed by atoms with Crippen LogP contribution in [0.25, 0.3) is 16.8 Å². The predicted octanol–water partition coefficient (Wildman–Crippen LogP) is 5.39.